The third-order valence-electron chi connectivity index (χ3n) is 6.92. The van der Waals surface area contributed by atoms with Crippen molar-refractivity contribution in [1.82, 2.24) is 23.9 Å². The first kappa shape index (κ1) is 33.5. The SMILES string of the molecule is CN(C)C(=O)/C=C/CC[C@H](OC(=O)N(C)C)C(=O)Nc1cccn(Cc2nc3cc(F)ccc3n2Cc2ccc(F)cc2F)c1=O. The van der Waals surface area contributed by atoms with Gasteiger partial charge in [-0.15, -0.1) is 0 Å². The first-order valence-electron chi connectivity index (χ1n) is 14.2. The summed E-state index contributed by atoms with van der Waals surface area (Å²) in [6, 6.07) is 9.97. The second-order valence-electron chi connectivity index (χ2n) is 10.8. The fourth-order valence-electron chi connectivity index (χ4n) is 4.44. The molecule has 2 aromatic carbocycles. The predicted molar refractivity (Wildman–Crippen MR) is 165 cm³/mol. The maximum absolute atomic E-state index is 14.6. The number of nitrogens with one attached hydrogen (secondary N) is 1. The molecule has 11 nitrogen and oxygen atoms in total. The lowest BCUT2D eigenvalue weighted by molar-refractivity contribution is -0.125. The second-order valence-corrected chi connectivity index (χ2v) is 10.8. The highest BCUT2D eigenvalue weighted by atomic mass is 19.1. The average Bonchev–Trinajstić information content (AvgIpc) is 3.32. The number of likely N-dealkylation sites (N-methyl/N-ethyl adjacent to an activating group) is 1. The number of anilines is 1. The van der Waals surface area contributed by atoms with Crippen LogP contribution in [0.1, 0.15) is 24.2 Å². The molecular weight excluding hydrogens is 605 g/mol. The Morgan fingerprint density at radius 2 is 1.70 bits per heavy atom. The van der Waals surface area contributed by atoms with Crippen molar-refractivity contribution in [2.45, 2.75) is 32.0 Å². The van der Waals surface area contributed by atoms with Crippen LogP contribution >= 0.6 is 0 Å². The molecule has 242 valence electrons. The highest BCUT2D eigenvalue weighted by Crippen LogP contribution is 2.22. The van der Waals surface area contributed by atoms with E-state index in [1.807, 2.05) is 0 Å². The van der Waals surface area contributed by atoms with Gasteiger partial charge in [-0.3, -0.25) is 14.4 Å². The Balaban J connectivity index is 1.60. The third-order valence-corrected chi connectivity index (χ3v) is 6.92. The van der Waals surface area contributed by atoms with Crippen molar-refractivity contribution in [3.05, 3.63) is 106 Å². The number of carbonyl (C=O) groups excluding carboxylic acids is 3. The maximum Gasteiger partial charge on any atom is 0.410 e. The van der Waals surface area contributed by atoms with Crippen LogP contribution < -0.4 is 10.9 Å². The molecule has 2 heterocycles. The molecule has 0 aliphatic rings. The molecule has 0 unspecified atom stereocenters. The van der Waals surface area contributed by atoms with Gasteiger partial charge in [0.2, 0.25) is 5.91 Å². The molecule has 3 amide bonds. The molecule has 4 aromatic rings. The molecule has 1 atom stereocenters. The highest BCUT2D eigenvalue weighted by Gasteiger charge is 2.25. The summed E-state index contributed by atoms with van der Waals surface area (Å²) in [5.74, 6) is -2.79. The van der Waals surface area contributed by atoms with Crippen molar-refractivity contribution in [2.75, 3.05) is 33.5 Å². The summed E-state index contributed by atoms with van der Waals surface area (Å²) < 4.78 is 50.3. The fourth-order valence-corrected chi connectivity index (χ4v) is 4.44. The number of hydrogen-bond acceptors (Lipinski definition) is 6. The van der Waals surface area contributed by atoms with Crippen LogP contribution in [-0.4, -0.2) is 76.1 Å². The van der Waals surface area contributed by atoms with Gasteiger partial charge in [0.15, 0.2) is 6.10 Å². The van der Waals surface area contributed by atoms with Crippen LogP contribution in [-0.2, 0) is 27.4 Å². The summed E-state index contributed by atoms with van der Waals surface area (Å²) in [5, 5.41) is 2.52. The molecule has 14 heteroatoms. The molecule has 1 N–H and O–H groups in total. The van der Waals surface area contributed by atoms with Crippen LogP contribution in [0.3, 0.4) is 0 Å². The Kier molecular flexibility index (Phi) is 10.6. The number of nitrogens with zero attached hydrogens (tertiary/aromatic N) is 5. The van der Waals surface area contributed by atoms with Crippen LogP contribution in [0.2, 0.25) is 0 Å². The van der Waals surface area contributed by atoms with Crippen molar-refractivity contribution in [3.8, 4) is 0 Å². The molecule has 0 aliphatic heterocycles. The number of ether oxygens (including phenoxy) is 1. The lowest BCUT2D eigenvalue weighted by atomic mass is 10.1. The Hall–Kier alpha value is -5.40. The van der Waals surface area contributed by atoms with Gasteiger partial charge < -0.3 is 29.0 Å². The van der Waals surface area contributed by atoms with Crippen LogP contribution in [0.25, 0.3) is 11.0 Å². The number of rotatable bonds is 11. The van der Waals surface area contributed by atoms with E-state index in [1.165, 1.54) is 72.2 Å². The number of carbonyl (C=O) groups is 3. The van der Waals surface area contributed by atoms with E-state index in [4.69, 9.17) is 4.74 Å². The van der Waals surface area contributed by atoms with E-state index in [1.54, 1.807) is 24.7 Å². The molecule has 0 fully saturated rings. The molecule has 0 aliphatic carbocycles. The summed E-state index contributed by atoms with van der Waals surface area (Å²) in [6.07, 6.45) is 2.55. The molecule has 0 radical (unpaired) electrons. The maximum atomic E-state index is 14.6. The minimum Gasteiger partial charge on any atom is -0.436 e. The minimum atomic E-state index is -1.29. The molecule has 4 rings (SSSR count). The third kappa shape index (κ3) is 8.20. The molecular formula is C32H33F3N6O5. The summed E-state index contributed by atoms with van der Waals surface area (Å²) in [6.45, 7) is -0.229. The number of pyridine rings is 1. The Bertz CT molecular complexity index is 1850. The van der Waals surface area contributed by atoms with Gasteiger partial charge in [-0.25, -0.2) is 22.9 Å². The fraction of sp³-hybridized carbons (Fsp3) is 0.281. The van der Waals surface area contributed by atoms with Gasteiger partial charge in [-0.2, -0.15) is 0 Å². The van der Waals surface area contributed by atoms with Gasteiger partial charge in [0, 0.05) is 52.1 Å². The Morgan fingerprint density at radius 1 is 0.978 bits per heavy atom. The first-order valence-corrected chi connectivity index (χ1v) is 14.2. The molecule has 0 saturated heterocycles. The standard InChI is InChI=1S/C32H33F3N6O5/c1-38(2)29(42)10-6-5-9-27(46-32(45)39(3)4)30(43)37-24-8-7-15-40(31(24)44)19-28-36-25-17-22(34)13-14-26(25)41(28)18-20-11-12-21(33)16-23(20)35/h6-8,10-17,27H,5,9,18-19H2,1-4H3,(H,37,43)/b10-6+/t27-/m0/s1. The smallest absolute Gasteiger partial charge is 0.410 e. The molecule has 0 spiro atoms. The molecule has 2 aromatic heterocycles. The number of benzene rings is 2. The van der Waals surface area contributed by atoms with E-state index in [2.05, 4.69) is 10.3 Å². The van der Waals surface area contributed by atoms with E-state index in [9.17, 15) is 32.3 Å². The van der Waals surface area contributed by atoms with E-state index in [-0.39, 0.29) is 54.4 Å². The van der Waals surface area contributed by atoms with Gasteiger partial charge in [0.25, 0.3) is 11.5 Å². The molecule has 46 heavy (non-hydrogen) atoms. The van der Waals surface area contributed by atoms with Gasteiger partial charge in [0.1, 0.15) is 29.0 Å². The zero-order valence-electron chi connectivity index (χ0n) is 25.7. The number of aromatic nitrogens is 3. The average molecular weight is 639 g/mol. The topological polar surface area (TPSA) is 119 Å². The largest absolute Gasteiger partial charge is 0.436 e. The Labute approximate surface area is 262 Å². The number of hydrogen-bond donors (Lipinski definition) is 1. The van der Waals surface area contributed by atoms with Crippen molar-refractivity contribution in [1.29, 1.82) is 0 Å². The minimum absolute atomic E-state index is 0.0319. The zero-order chi connectivity index (χ0) is 33.5. The normalized spacial score (nSPS) is 11.9. The number of fused-ring (bicyclic) bond motifs is 1. The van der Waals surface area contributed by atoms with Crippen molar-refractivity contribution < 1.29 is 32.3 Å². The van der Waals surface area contributed by atoms with E-state index < -0.39 is 41.1 Å². The van der Waals surface area contributed by atoms with E-state index in [0.717, 1.165) is 17.0 Å². The number of allylic oxidation sites excluding steroid dienone is 1. The Morgan fingerprint density at radius 3 is 2.39 bits per heavy atom. The quantitative estimate of drug-likeness (QED) is 0.247. The van der Waals surface area contributed by atoms with E-state index >= 15 is 0 Å². The first-order chi connectivity index (χ1) is 21.8. The number of amides is 3. The molecule has 0 saturated carbocycles. The van der Waals surface area contributed by atoms with Crippen molar-refractivity contribution in [3.63, 3.8) is 0 Å². The lowest BCUT2D eigenvalue weighted by Crippen LogP contribution is -2.37. The lowest BCUT2D eigenvalue weighted by Gasteiger charge is -2.20. The van der Waals surface area contributed by atoms with Crippen LogP contribution in [0.5, 0.6) is 0 Å². The summed E-state index contributed by atoms with van der Waals surface area (Å²) in [5.41, 5.74) is 0.142. The predicted octanol–water partition coefficient (Wildman–Crippen LogP) is 4.14. The van der Waals surface area contributed by atoms with Crippen LogP contribution in [0.4, 0.5) is 23.7 Å². The van der Waals surface area contributed by atoms with E-state index in [0.29, 0.717) is 5.52 Å². The monoisotopic (exact) mass is 638 g/mol. The van der Waals surface area contributed by atoms with Gasteiger partial charge >= 0.3 is 6.09 Å². The van der Waals surface area contributed by atoms with Crippen molar-refractivity contribution in [2.24, 2.45) is 0 Å². The molecule has 0 bridgehead atoms. The van der Waals surface area contributed by atoms with Crippen LogP contribution in [0.15, 0.2) is 71.7 Å². The van der Waals surface area contributed by atoms with Crippen molar-refractivity contribution >= 4 is 34.6 Å². The second kappa shape index (κ2) is 14.6. The number of halogens is 3. The summed E-state index contributed by atoms with van der Waals surface area (Å²) >= 11 is 0. The number of imidazole rings is 1. The van der Waals surface area contributed by atoms with Gasteiger partial charge in [-0.1, -0.05) is 12.1 Å². The van der Waals surface area contributed by atoms with Gasteiger partial charge in [0.05, 0.1) is 24.1 Å². The zero-order valence-corrected chi connectivity index (χ0v) is 25.7. The summed E-state index contributed by atoms with van der Waals surface area (Å²) in [7, 11) is 6.09. The highest BCUT2D eigenvalue weighted by molar-refractivity contribution is 5.95. The van der Waals surface area contributed by atoms with Crippen LogP contribution in [0, 0.1) is 17.5 Å². The summed E-state index contributed by atoms with van der Waals surface area (Å²) in [4.78, 5) is 57.8. The van der Waals surface area contributed by atoms with Gasteiger partial charge in [-0.05, 0) is 49.2 Å².